The number of piperidine rings is 1. The van der Waals surface area contributed by atoms with E-state index in [-0.39, 0.29) is 15.2 Å². The van der Waals surface area contributed by atoms with Gasteiger partial charge in [-0.3, -0.25) is 4.79 Å². The summed E-state index contributed by atoms with van der Waals surface area (Å²) in [6.07, 6.45) is 2.43. The van der Waals surface area contributed by atoms with Crippen LogP contribution in [0.2, 0.25) is 0 Å². The average molecular weight is 429 g/mol. The molecule has 0 amide bonds. The summed E-state index contributed by atoms with van der Waals surface area (Å²) in [6, 6.07) is 10.6. The van der Waals surface area contributed by atoms with Gasteiger partial charge < -0.3 is 9.47 Å². The van der Waals surface area contributed by atoms with Crippen molar-refractivity contribution >= 4 is 26.4 Å². The van der Waals surface area contributed by atoms with Gasteiger partial charge in [-0.05, 0) is 42.5 Å². The van der Waals surface area contributed by atoms with Crippen molar-refractivity contribution in [3.05, 3.63) is 64.7 Å². The second-order valence-corrected chi connectivity index (χ2v) is 10.3. The second kappa shape index (κ2) is 7.54. The maximum absolute atomic E-state index is 15.1. The fourth-order valence-electron chi connectivity index (χ4n) is 4.48. The molecule has 0 saturated carbocycles. The van der Waals surface area contributed by atoms with Gasteiger partial charge in [0.2, 0.25) is 15.3 Å². The molecule has 0 bridgehead atoms. The molecule has 7 heteroatoms. The monoisotopic (exact) mass is 428 g/mol. The molecule has 3 aromatic rings. The molecule has 1 aliphatic rings. The van der Waals surface area contributed by atoms with Crippen LogP contribution in [-0.4, -0.2) is 26.1 Å². The minimum absolute atomic E-state index is 0.0369. The Morgan fingerprint density at radius 1 is 1.03 bits per heavy atom. The Morgan fingerprint density at radius 2 is 1.67 bits per heavy atom. The van der Waals surface area contributed by atoms with E-state index >= 15 is 4.39 Å². The SMILES string of the molecule is C[C@@H]1C[C@@H](C)CN(c2cc3c(cc2F)c(=O)c(S(=O)(=O)c2ccccc2)cn3C)C1. The Bertz CT molecular complexity index is 1260. The van der Waals surface area contributed by atoms with E-state index in [0.717, 1.165) is 19.5 Å². The van der Waals surface area contributed by atoms with Crippen LogP contribution in [0.25, 0.3) is 10.9 Å². The number of nitrogens with zero attached hydrogens (tertiary/aromatic N) is 2. The van der Waals surface area contributed by atoms with Crippen LogP contribution in [-0.2, 0) is 16.9 Å². The fourth-order valence-corrected chi connectivity index (χ4v) is 5.90. The summed E-state index contributed by atoms with van der Waals surface area (Å²) in [5, 5.41) is 0.0638. The van der Waals surface area contributed by atoms with Gasteiger partial charge in [0.15, 0.2) is 0 Å². The number of aryl methyl sites for hydroxylation is 1. The molecule has 2 aromatic carbocycles. The Kier molecular flexibility index (Phi) is 5.18. The van der Waals surface area contributed by atoms with Crippen molar-refractivity contribution in [3.8, 4) is 0 Å². The smallest absolute Gasteiger partial charge is 0.211 e. The maximum atomic E-state index is 15.1. The van der Waals surface area contributed by atoms with Crippen molar-refractivity contribution in [2.75, 3.05) is 18.0 Å². The van der Waals surface area contributed by atoms with Crippen LogP contribution in [0.15, 0.2) is 63.2 Å². The van der Waals surface area contributed by atoms with Crippen LogP contribution in [0.4, 0.5) is 10.1 Å². The molecule has 4 rings (SSSR count). The molecule has 1 aliphatic heterocycles. The van der Waals surface area contributed by atoms with Gasteiger partial charge in [-0.1, -0.05) is 32.0 Å². The summed E-state index contributed by atoms with van der Waals surface area (Å²) >= 11 is 0. The minimum atomic E-state index is -4.01. The van der Waals surface area contributed by atoms with E-state index < -0.39 is 21.1 Å². The number of aromatic nitrogens is 1. The normalized spacial score (nSPS) is 19.9. The van der Waals surface area contributed by atoms with Crippen LogP contribution >= 0.6 is 0 Å². The average Bonchev–Trinajstić information content (AvgIpc) is 2.70. The summed E-state index contributed by atoms with van der Waals surface area (Å²) < 4.78 is 42.7. The van der Waals surface area contributed by atoms with Gasteiger partial charge in [-0.25, -0.2) is 12.8 Å². The lowest BCUT2D eigenvalue weighted by molar-refractivity contribution is 0.354. The maximum Gasteiger partial charge on any atom is 0.211 e. The molecule has 1 fully saturated rings. The summed E-state index contributed by atoms with van der Waals surface area (Å²) in [7, 11) is -2.33. The Balaban J connectivity index is 1.88. The summed E-state index contributed by atoms with van der Waals surface area (Å²) in [5.74, 6) is 0.396. The zero-order valence-corrected chi connectivity index (χ0v) is 18.1. The Labute approximate surface area is 175 Å². The van der Waals surface area contributed by atoms with Crippen molar-refractivity contribution in [1.29, 1.82) is 0 Å². The molecule has 2 atom stereocenters. The van der Waals surface area contributed by atoms with Crippen molar-refractivity contribution in [2.24, 2.45) is 18.9 Å². The number of hydrogen-bond acceptors (Lipinski definition) is 4. The molecule has 5 nitrogen and oxygen atoms in total. The molecular formula is C23H25FN2O3S. The van der Waals surface area contributed by atoms with E-state index in [1.165, 1.54) is 24.4 Å². The molecule has 2 heterocycles. The first kappa shape index (κ1) is 20.6. The summed E-state index contributed by atoms with van der Waals surface area (Å²) in [6.45, 7) is 5.80. The lowest BCUT2D eigenvalue weighted by Gasteiger charge is -2.36. The van der Waals surface area contributed by atoms with Crippen LogP contribution in [0, 0.1) is 17.7 Å². The van der Waals surface area contributed by atoms with Gasteiger partial charge >= 0.3 is 0 Å². The largest absolute Gasteiger partial charge is 0.369 e. The van der Waals surface area contributed by atoms with E-state index in [2.05, 4.69) is 13.8 Å². The number of fused-ring (bicyclic) bond motifs is 1. The highest BCUT2D eigenvalue weighted by Crippen LogP contribution is 2.31. The molecule has 1 aromatic heterocycles. The van der Waals surface area contributed by atoms with Crippen molar-refractivity contribution in [3.63, 3.8) is 0 Å². The van der Waals surface area contributed by atoms with Crippen LogP contribution in [0.5, 0.6) is 0 Å². The standard InChI is InChI=1S/C23H25FN2O3S/c1-15-9-16(2)13-26(12-15)21-11-20-18(10-19(21)24)23(27)22(14-25(20)3)30(28,29)17-7-5-4-6-8-17/h4-8,10-11,14-16H,9,12-13H2,1-3H3/t15-,16-/m1/s1. The summed E-state index contributed by atoms with van der Waals surface area (Å²) in [5.41, 5.74) is 0.279. The van der Waals surface area contributed by atoms with E-state index in [1.807, 2.05) is 4.90 Å². The first-order valence-corrected chi connectivity index (χ1v) is 11.5. The van der Waals surface area contributed by atoms with E-state index in [9.17, 15) is 13.2 Å². The predicted octanol–water partition coefficient (Wildman–Crippen LogP) is 3.99. The number of sulfone groups is 1. The van der Waals surface area contributed by atoms with Gasteiger partial charge in [0, 0.05) is 26.3 Å². The lowest BCUT2D eigenvalue weighted by atomic mass is 9.91. The number of hydrogen-bond donors (Lipinski definition) is 0. The van der Waals surface area contributed by atoms with E-state index in [4.69, 9.17) is 0 Å². The number of benzene rings is 2. The Hall–Kier alpha value is -2.67. The van der Waals surface area contributed by atoms with E-state index in [1.54, 1.807) is 35.9 Å². The zero-order chi connectivity index (χ0) is 21.6. The molecular weight excluding hydrogens is 403 g/mol. The quantitative estimate of drug-likeness (QED) is 0.633. The van der Waals surface area contributed by atoms with E-state index in [0.29, 0.717) is 23.0 Å². The van der Waals surface area contributed by atoms with Crippen molar-refractivity contribution < 1.29 is 12.8 Å². The third-order valence-electron chi connectivity index (χ3n) is 5.78. The van der Waals surface area contributed by atoms with Crippen molar-refractivity contribution in [2.45, 2.75) is 30.1 Å². The second-order valence-electron chi connectivity index (χ2n) is 8.42. The molecule has 0 aliphatic carbocycles. The number of rotatable bonds is 3. The van der Waals surface area contributed by atoms with Gasteiger partial charge in [0.1, 0.15) is 10.7 Å². The van der Waals surface area contributed by atoms with Gasteiger partial charge in [-0.15, -0.1) is 0 Å². The first-order valence-electron chi connectivity index (χ1n) is 10.1. The highest BCUT2D eigenvalue weighted by atomic mass is 32.2. The molecule has 158 valence electrons. The molecule has 0 unspecified atom stereocenters. The third-order valence-corrected chi connectivity index (χ3v) is 7.54. The van der Waals surface area contributed by atoms with Gasteiger partial charge in [0.05, 0.1) is 21.5 Å². The van der Waals surface area contributed by atoms with Gasteiger partial charge in [0.25, 0.3) is 0 Å². The van der Waals surface area contributed by atoms with Crippen LogP contribution in [0.1, 0.15) is 20.3 Å². The molecule has 0 spiro atoms. The number of pyridine rings is 1. The number of halogens is 1. The summed E-state index contributed by atoms with van der Waals surface area (Å²) in [4.78, 5) is 14.8. The zero-order valence-electron chi connectivity index (χ0n) is 17.3. The lowest BCUT2D eigenvalue weighted by Crippen LogP contribution is -2.39. The molecule has 0 radical (unpaired) electrons. The first-order chi connectivity index (χ1) is 14.2. The molecule has 0 N–H and O–H groups in total. The topological polar surface area (TPSA) is 59.4 Å². The Morgan fingerprint density at radius 3 is 2.30 bits per heavy atom. The minimum Gasteiger partial charge on any atom is -0.369 e. The van der Waals surface area contributed by atoms with Crippen LogP contribution < -0.4 is 10.3 Å². The predicted molar refractivity (Wildman–Crippen MR) is 116 cm³/mol. The fraction of sp³-hybridized carbons (Fsp3) is 0.348. The molecule has 30 heavy (non-hydrogen) atoms. The highest BCUT2D eigenvalue weighted by Gasteiger charge is 2.27. The van der Waals surface area contributed by atoms with Gasteiger partial charge in [-0.2, -0.15) is 0 Å². The molecule has 1 saturated heterocycles. The van der Waals surface area contributed by atoms with Crippen LogP contribution in [0.3, 0.4) is 0 Å². The van der Waals surface area contributed by atoms with Crippen molar-refractivity contribution in [1.82, 2.24) is 4.57 Å². The third kappa shape index (κ3) is 3.51. The number of anilines is 1. The highest BCUT2D eigenvalue weighted by molar-refractivity contribution is 7.91.